The number of alkyl halides is 3. The molecule has 166 valence electrons. The molecule has 0 spiro atoms. The fourth-order valence-corrected chi connectivity index (χ4v) is 4.82. The van der Waals surface area contributed by atoms with Gasteiger partial charge >= 0.3 is 6.18 Å². The third-order valence-electron chi connectivity index (χ3n) is 5.17. The van der Waals surface area contributed by atoms with Gasteiger partial charge in [-0.3, -0.25) is 0 Å². The fourth-order valence-electron chi connectivity index (χ4n) is 3.66. The molecule has 1 atom stereocenters. The second-order valence-corrected chi connectivity index (χ2v) is 8.57. The van der Waals surface area contributed by atoms with E-state index in [1.165, 1.54) is 6.07 Å². The van der Waals surface area contributed by atoms with Crippen LogP contribution in [-0.4, -0.2) is 23.3 Å². The molecular formula is C25H23F3N2OS. The summed E-state index contributed by atoms with van der Waals surface area (Å²) in [6.45, 7) is 1.16. The lowest BCUT2D eigenvalue weighted by atomic mass is 10.1. The molecule has 0 saturated heterocycles. The Morgan fingerprint density at radius 3 is 2.31 bits per heavy atom. The number of ether oxygens (including phenoxy) is 1. The van der Waals surface area contributed by atoms with E-state index in [9.17, 15) is 13.2 Å². The van der Waals surface area contributed by atoms with Crippen LogP contribution in [-0.2, 0) is 17.5 Å². The van der Waals surface area contributed by atoms with Crippen molar-refractivity contribution in [1.29, 1.82) is 0 Å². The third-order valence-corrected chi connectivity index (χ3v) is 6.43. The molecule has 7 heteroatoms. The zero-order chi connectivity index (χ0) is 22.6. The van der Waals surface area contributed by atoms with Crippen LogP contribution >= 0.6 is 11.8 Å². The first-order valence-electron chi connectivity index (χ1n) is 10.3. The van der Waals surface area contributed by atoms with Crippen molar-refractivity contribution >= 4 is 22.8 Å². The molecular weight excluding hydrogens is 433 g/mol. The molecule has 0 aliphatic heterocycles. The Hall–Kier alpha value is -2.77. The van der Waals surface area contributed by atoms with E-state index in [1.54, 1.807) is 18.9 Å². The van der Waals surface area contributed by atoms with Crippen molar-refractivity contribution in [3.8, 4) is 0 Å². The number of hydrogen-bond donors (Lipinski definition) is 0. The Labute approximate surface area is 189 Å². The second kappa shape index (κ2) is 9.79. The lowest BCUT2D eigenvalue weighted by molar-refractivity contribution is -0.137. The average molecular weight is 457 g/mol. The highest BCUT2D eigenvalue weighted by molar-refractivity contribution is 7.99. The van der Waals surface area contributed by atoms with Crippen molar-refractivity contribution in [2.24, 2.45) is 0 Å². The van der Waals surface area contributed by atoms with Gasteiger partial charge in [0.05, 0.1) is 21.8 Å². The van der Waals surface area contributed by atoms with Gasteiger partial charge in [0.25, 0.3) is 0 Å². The number of methoxy groups -OCH3 is 1. The van der Waals surface area contributed by atoms with Crippen molar-refractivity contribution < 1.29 is 17.9 Å². The van der Waals surface area contributed by atoms with Crippen LogP contribution in [0.2, 0.25) is 0 Å². The van der Waals surface area contributed by atoms with Crippen LogP contribution in [0.25, 0.3) is 11.0 Å². The summed E-state index contributed by atoms with van der Waals surface area (Å²) >= 11 is 1.64. The fraction of sp³-hybridized carbons (Fsp3) is 0.240. The largest absolute Gasteiger partial charge is 0.416 e. The summed E-state index contributed by atoms with van der Waals surface area (Å²) in [6.07, 6.45) is -3.68. The van der Waals surface area contributed by atoms with Gasteiger partial charge in [0.1, 0.15) is 5.82 Å². The summed E-state index contributed by atoms with van der Waals surface area (Å²) < 4.78 is 47.2. The molecule has 0 aliphatic rings. The highest BCUT2D eigenvalue weighted by Gasteiger charge is 2.32. The second-order valence-electron chi connectivity index (χ2n) is 7.39. The predicted molar refractivity (Wildman–Crippen MR) is 122 cm³/mol. The molecule has 0 N–H and O–H groups in total. The van der Waals surface area contributed by atoms with Crippen molar-refractivity contribution in [1.82, 2.24) is 9.55 Å². The first kappa shape index (κ1) is 22.4. The summed E-state index contributed by atoms with van der Waals surface area (Å²) in [4.78, 5) is 5.80. The molecule has 3 nitrogen and oxygen atoms in total. The molecule has 1 aromatic heterocycles. The number of hydrogen-bond acceptors (Lipinski definition) is 3. The number of aromatic nitrogens is 2. The van der Waals surface area contributed by atoms with Gasteiger partial charge in [0.15, 0.2) is 0 Å². The number of benzene rings is 3. The Kier molecular flexibility index (Phi) is 6.86. The molecule has 0 radical (unpaired) electrons. The first-order valence-corrected chi connectivity index (χ1v) is 11.2. The van der Waals surface area contributed by atoms with Gasteiger partial charge < -0.3 is 9.30 Å². The van der Waals surface area contributed by atoms with Gasteiger partial charge in [-0.2, -0.15) is 13.2 Å². The number of nitrogens with zero attached hydrogens (tertiary/aromatic N) is 2. The highest BCUT2D eigenvalue weighted by Crippen LogP contribution is 2.41. The Morgan fingerprint density at radius 1 is 0.969 bits per heavy atom. The number of fused-ring (bicyclic) bond motifs is 1. The number of thioether (sulfide) groups is 1. The zero-order valence-electron chi connectivity index (χ0n) is 17.5. The van der Waals surface area contributed by atoms with Gasteiger partial charge in [-0.25, -0.2) is 4.98 Å². The van der Waals surface area contributed by atoms with E-state index in [2.05, 4.69) is 0 Å². The van der Waals surface area contributed by atoms with Crippen LogP contribution < -0.4 is 0 Å². The monoisotopic (exact) mass is 456 g/mol. The average Bonchev–Trinajstić information content (AvgIpc) is 3.16. The molecule has 0 amide bonds. The molecule has 0 saturated carbocycles. The van der Waals surface area contributed by atoms with E-state index in [0.717, 1.165) is 34.8 Å². The number of imidazole rings is 1. The zero-order valence-corrected chi connectivity index (χ0v) is 18.4. The molecule has 4 aromatic rings. The topological polar surface area (TPSA) is 27.1 Å². The maximum atomic E-state index is 13.3. The van der Waals surface area contributed by atoms with E-state index < -0.39 is 11.7 Å². The summed E-state index contributed by atoms with van der Waals surface area (Å²) in [5.41, 5.74) is 1.39. The van der Waals surface area contributed by atoms with Gasteiger partial charge in [-0.1, -0.05) is 48.5 Å². The minimum atomic E-state index is -4.41. The molecule has 1 heterocycles. The summed E-state index contributed by atoms with van der Waals surface area (Å²) in [6, 6.07) is 23.7. The summed E-state index contributed by atoms with van der Waals surface area (Å²) in [5.74, 6) is 0.732. The van der Waals surface area contributed by atoms with Crippen molar-refractivity contribution in [3.63, 3.8) is 0 Å². The number of aryl methyl sites for hydroxylation is 1. The first-order chi connectivity index (χ1) is 15.5. The smallest absolute Gasteiger partial charge is 0.385 e. The normalized spacial score (nSPS) is 12.9. The maximum absolute atomic E-state index is 13.3. The van der Waals surface area contributed by atoms with Crippen molar-refractivity contribution in [2.75, 3.05) is 13.7 Å². The Balaban J connectivity index is 1.85. The number of rotatable bonds is 8. The highest BCUT2D eigenvalue weighted by atomic mass is 32.2. The van der Waals surface area contributed by atoms with E-state index >= 15 is 0 Å². The van der Waals surface area contributed by atoms with Gasteiger partial charge in [0.2, 0.25) is 0 Å². The van der Waals surface area contributed by atoms with Gasteiger partial charge in [0, 0.05) is 25.2 Å². The van der Waals surface area contributed by atoms with Crippen molar-refractivity contribution in [2.45, 2.75) is 29.3 Å². The lowest BCUT2D eigenvalue weighted by Gasteiger charge is -2.19. The molecule has 32 heavy (non-hydrogen) atoms. The molecule has 0 bridgehead atoms. The van der Waals surface area contributed by atoms with E-state index in [4.69, 9.17) is 9.72 Å². The molecule has 0 aliphatic carbocycles. The van der Waals surface area contributed by atoms with Gasteiger partial charge in [-0.15, -0.1) is 11.8 Å². The molecule has 3 aromatic carbocycles. The standard InChI is InChI=1S/C25H23F3N2OS/c1-31-16-8-15-30-22-14-13-19(25(26,27)28)17-21(22)29-24(30)23(18-9-4-2-5-10-18)32-20-11-6-3-7-12-20/h2-7,9-14,17,23H,8,15-16H2,1H3. The van der Waals surface area contributed by atoms with Crippen LogP contribution in [0.4, 0.5) is 13.2 Å². The lowest BCUT2D eigenvalue weighted by Crippen LogP contribution is -2.10. The molecule has 1 unspecified atom stereocenters. The summed E-state index contributed by atoms with van der Waals surface area (Å²) in [7, 11) is 1.64. The van der Waals surface area contributed by atoms with Crippen LogP contribution in [0.15, 0.2) is 83.8 Å². The quantitative estimate of drug-likeness (QED) is 0.212. The van der Waals surface area contributed by atoms with Crippen LogP contribution in [0, 0.1) is 0 Å². The van der Waals surface area contributed by atoms with Crippen LogP contribution in [0.3, 0.4) is 0 Å². The van der Waals surface area contributed by atoms with Gasteiger partial charge in [-0.05, 0) is 42.3 Å². The minimum Gasteiger partial charge on any atom is -0.385 e. The Morgan fingerprint density at radius 2 is 1.66 bits per heavy atom. The van der Waals surface area contributed by atoms with Crippen LogP contribution in [0.5, 0.6) is 0 Å². The minimum absolute atomic E-state index is 0.178. The van der Waals surface area contributed by atoms with Crippen molar-refractivity contribution in [3.05, 3.63) is 95.8 Å². The van der Waals surface area contributed by atoms with E-state index in [-0.39, 0.29) is 5.25 Å². The molecule has 0 fully saturated rings. The van der Waals surface area contributed by atoms with Crippen LogP contribution in [0.1, 0.15) is 28.6 Å². The SMILES string of the molecule is COCCCn1c(C(Sc2ccccc2)c2ccccc2)nc2cc(C(F)(F)F)ccc21. The summed E-state index contributed by atoms with van der Waals surface area (Å²) in [5, 5.41) is -0.178. The third kappa shape index (κ3) is 5.00. The molecule has 4 rings (SSSR count). The Bertz CT molecular complexity index is 1160. The van der Waals surface area contributed by atoms with E-state index in [1.807, 2.05) is 65.2 Å². The predicted octanol–water partition coefficient (Wildman–Crippen LogP) is 6.97. The maximum Gasteiger partial charge on any atom is 0.416 e. The van der Waals surface area contributed by atoms with E-state index in [0.29, 0.717) is 24.2 Å². The number of halogens is 3.